The number of nitrogens with zero attached hydrogens (tertiary/aromatic N) is 2. The maximum atomic E-state index is 12.1. The number of hydrogen-bond acceptors (Lipinski definition) is 6. The molecule has 1 N–H and O–H groups in total. The number of aromatic nitrogens is 2. The first-order valence-corrected chi connectivity index (χ1v) is 12.2. The Balaban J connectivity index is 1.18. The van der Waals surface area contributed by atoms with E-state index in [1.165, 1.54) is 10.3 Å². The van der Waals surface area contributed by atoms with Gasteiger partial charge >= 0.3 is 0 Å². The molecule has 0 saturated heterocycles. The van der Waals surface area contributed by atoms with E-state index in [2.05, 4.69) is 51.0 Å². The van der Waals surface area contributed by atoms with Crippen LogP contribution in [-0.2, 0) is 17.0 Å². The summed E-state index contributed by atoms with van der Waals surface area (Å²) in [4.78, 5) is 21.2. The molecule has 0 saturated carbocycles. The van der Waals surface area contributed by atoms with Crippen molar-refractivity contribution in [1.29, 1.82) is 0 Å². The third-order valence-corrected chi connectivity index (χ3v) is 7.34. The molecule has 4 aromatic rings. The average molecular weight is 440 g/mol. The second-order valence-electron chi connectivity index (χ2n) is 6.62. The second-order valence-corrected chi connectivity index (χ2v) is 9.78. The fourth-order valence-corrected chi connectivity index (χ4v) is 5.45. The molecule has 148 valence electrons. The lowest BCUT2D eigenvalue weighted by atomic mass is 10.1. The highest BCUT2D eigenvalue weighted by Gasteiger charge is 2.06. The minimum absolute atomic E-state index is 0.0747. The molecule has 0 aliphatic rings. The minimum atomic E-state index is 0.0747. The molecule has 2 aromatic heterocycles. The van der Waals surface area contributed by atoms with Gasteiger partial charge in [-0.15, -0.1) is 34.4 Å². The number of rotatable bonds is 8. The van der Waals surface area contributed by atoms with Crippen LogP contribution in [0.5, 0.6) is 0 Å². The molecule has 0 radical (unpaired) electrons. The van der Waals surface area contributed by atoms with Gasteiger partial charge in [-0.05, 0) is 31.0 Å². The molecule has 29 heavy (non-hydrogen) atoms. The molecule has 7 heteroatoms. The Morgan fingerprint density at radius 2 is 1.93 bits per heavy atom. The zero-order valence-electron chi connectivity index (χ0n) is 16.1. The van der Waals surface area contributed by atoms with Crippen LogP contribution in [0.25, 0.3) is 21.5 Å². The zero-order chi connectivity index (χ0) is 20.1. The standard InChI is InChI=1S/C22H21N3OS3/c1-15-24-19(12-28-15)17-8-6-16(7-9-17)10-11-23-21(26)13-27-14-22-25-18-4-2-3-5-20(18)29-22/h2-9,12H,10-11,13-14H2,1H3,(H,23,26). The highest BCUT2D eigenvalue weighted by molar-refractivity contribution is 7.99. The fraction of sp³-hybridized carbons (Fsp3) is 0.227. The van der Waals surface area contributed by atoms with Gasteiger partial charge in [0.2, 0.25) is 5.91 Å². The summed E-state index contributed by atoms with van der Waals surface area (Å²) in [6.07, 6.45) is 0.824. The minimum Gasteiger partial charge on any atom is -0.355 e. The summed E-state index contributed by atoms with van der Waals surface area (Å²) in [5, 5.41) is 7.23. The highest BCUT2D eigenvalue weighted by Crippen LogP contribution is 2.25. The summed E-state index contributed by atoms with van der Waals surface area (Å²) >= 11 is 4.97. The summed E-state index contributed by atoms with van der Waals surface area (Å²) < 4.78 is 1.20. The van der Waals surface area contributed by atoms with E-state index in [0.717, 1.165) is 39.0 Å². The Morgan fingerprint density at radius 3 is 2.69 bits per heavy atom. The van der Waals surface area contributed by atoms with E-state index >= 15 is 0 Å². The van der Waals surface area contributed by atoms with Crippen LogP contribution in [0.1, 0.15) is 15.6 Å². The maximum Gasteiger partial charge on any atom is 0.230 e. The normalized spacial score (nSPS) is 11.1. The maximum absolute atomic E-state index is 12.1. The van der Waals surface area contributed by atoms with E-state index in [9.17, 15) is 4.79 Å². The fourth-order valence-electron chi connectivity index (χ4n) is 2.95. The lowest BCUT2D eigenvalue weighted by Gasteiger charge is -2.06. The first kappa shape index (κ1) is 20.1. The summed E-state index contributed by atoms with van der Waals surface area (Å²) in [5.74, 6) is 1.30. The van der Waals surface area contributed by atoms with Crippen molar-refractivity contribution in [3.05, 3.63) is 69.5 Å². The van der Waals surface area contributed by atoms with E-state index in [-0.39, 0.29) is 5.91 Å². The largest absolute Gasteiger partial charge is 0.355 e. The van der Waals surface area contributed by atoms with Gasteiger partial charge in [-0.25, -0.2) is 9.97 Å². The topological polar surface area (TPSA) is 54.9 Å². The molecule has 0 bridgehead atoms. The first-order valence-electron chi connectivity index (χ1n) is 9.38. The van der Waals surface area contributed by atoms with Gasteiger partial charge in [-0.3, -0.25) is 4.79 Å². The molecule has 4 nitrogen and oxygen atoms in total. The SMILES string of the molecule is Cc1nc(-c2ccc(CCNC(=O)CSCc3nc4ccccc4s3)cc2)cs1. The number of hydrogen-bond donors (Lipinski definition) is 1. The summed E-state index contributed by atoms with van der Waals surface area (Å²) in [6, 6.07) is 16.5. The number of nitrogens with one attached hydrogen (secondary N) is 1. The summed E-state index contributed by atoms with van der Waals surface area (Å²) in [6.45, 7) is 2.66. The van der Waals surface area contributed by atoms with Crippen molar-refractivity contribution in [1.82, 2.24) is 15.3 Å². The molecule has 2 heterocycles. The van der Waals surface area contributed by atoms with Crippen LogP contribution in [0.3, 0.4) is 0 Å². The smallest absolute Gasteiger partial charge is 0.230 e. The number of thioether (sulfide) groups is 1. The summed E-state index contributed by atoms with van der Waals surface area (Å²) in [7, 11) is 0. The number of carbonyl (C=O) groups excluding carboxylic acids is 1. The molecular weight excluding hydrogens is 418 g/mol. The van der Waals surface area contributed by atoms with Crippen molar-refractivity contribution in [3.8, 4) is 11.3 Å². The van der Waals surface area contributed by atoms with E-state index in [1.54, 1.807) is 34.4 Å². The van der Waals surface area contributed by atoms with Gasteiger partial charge in [0.05, 0.1) is 26.7 Å². The Morgan fingerprint density at radius 1 is 1.10 bits per heavy atom. The summed E-state index contributed by atoms with van der Waals surface area (Å²) in [5.41, 5.74) is 4.41. The molecular formula is C22H21N3OS3. The molecule has 2 aromatic carbocycles. The Hall–Kier alpha value is -2.22. The number of benzene rings is 2. The van der Waals surface area contributed by atoms with E-state index in [4.69, 9.17) is 0 Å². The van der Waals surface area contributed by atoms with Gasteiger partial charge in [0.15, 0.2) is 0 Å². The molecule has 0 unspecified atom stereocenters. The van der Waals surface area contributed by atoms with Crippen LogP contribution in [0.2, 0.25) is 0 Å². The van der Waals surface area contributed by atoms with Gasteiger partial charge in [0, 0.05) is 23.2 Å². The average Bonchev–Trinajstić information content (AvgIpc) is 3.34. The van der Waals surface area contributed by atoms with E-state index < -0.39 is 0 Å². The van der Waals surface area contributed by atoms with Gasteiger partial charge in [0.1, 0.15) is 5.01 Å². The van der Waals surface area contributed by atoms with Gasteiger partial charge in [0.25, 0.3) is 0 Å². The number of fused-ring (bicyclic) bond motifs is 1. The molecule has 4 rings (SSSR count). The van der Waals surface area contributed by atoms with Gasteiger partial charge in [-0.1, -0.05) is 36.4 Å². The third kappa shape index (κ3) is 5.44. The first-order chi connectivity index (χ1) is 14.2. The van der Waals surface area contributed by atoms with Crippen molar-refractivity contribution in [2.45, 2.75) is 19.1 Å². The van der Waals surface area contributed by atoms with Crippen LogP contribution in [0, 0.1) is 6.92 Å². The predicted octanol–water partition coefficient (Wildman–Crippen LogP) is 5.32. The molecule has 0 fully saturated rings. The number of amides is 1. The second kappa shape index (κ2) is 9.52. The van der Waals surface area contributed by atoms with Gasteiger partial charge < -0.3 is 5.32 Å². The van der Waals surface area contributed by atoms with Crippen molar-refractivity contribution in [3.63, 3.8) is 0 Å². The van der Waals surface area contributed by atoms with Gasteiger partial charge in [-0.2, -0.15) is 0 Å². The molecule has 0 atom stereocenters. The lowest BCUT2D eigenvalue weighted by molar-refractivity contribution is -0.118. The lowest BCUT2D eigenvalue weighted by Crippen LogP contribution is -2.27. The Labute approximate surface area is 182 Å². The van der Waals surface area contributed by atoms with Crippen LogP contribution < -0.4 is 5.32 Å². The van der Waals surface area contributed by atoms with Crippen molar-refractivity contribution < 1.29 is 4.79 Å². The Kier molecular flexibility index (Phi) is 6.59. The monoisotopic (exact) mass is 439 g/mol. The highest BCUT2D eigenvalue weighted by atomic mass is 32.2. The van der Waals surface area contributed by atoms with Crippen LogP contribution in [0.15, 0.2) is 53.9 Å². The van der Waals surface area contributed by atoms with E-state index in [1.807, 2.05) is 25.1 Å². The van der Waals surface area contributed by atoms with E-state index in [0.29, 0.717) is 12.3 Å². The molecule has 0 spiro atoms. The van der Waals surface area contributed by atoms with Crippen LogP contribution in [0.4, 0.5) is 0 Å². The van der Waals surface area contributed by atoms with Crippen molar-refractivity contribution in [2.24, 2.45) is 0 Å². The third-order valence-electron chi connectivity index (χ3n) is 4.40. The quantitative estimate of drug-likeness (QED) is 0.404. The van der Waals surface area contributed by atoms with Crippen molar-refractivity contribution >= 4 is 50.6 Å². The molecule has 0 aliphatic carbocycles. The predicted molar refractivity (Wildman–Crippen MR) is 125 cm³/mol. The van der Waals surface area contributed by atoms with Crippen LogP contribution >= 0.6 is 34.4 Å². The van der Waals surface area contributed by atoms with Crippen LogP contribution in [-0.4, -0.2) is 28.2 Å². The van der Waals surface area contributed by atoms with Crippen molar-refractivity contribution in [2.75, 3.05) is 12.3 Å². The molecule has 1 amide bonds. The molecule has 0 aliphatic heterocycles. The number of para-hydroxylation sites is 1. The number of aryl methyl sites for hydroxylation is 1. The zero-order valence-corrected chi connectivity index (χ0v) is 18.5. The Bertz CT molecular complexity index is 1070. The number of carbonyl (C=O) groups is 1. The number of thiazole rings is 2.